The minimum atomic E-state index is -1.05. The zero-order valence-electron chi connectivity index (χ0n) is 6.68. The summed E-state index contributed by atoms with van der Waals surface area (Å²) in [6.45, 7) is 0.516. The molecular formula is C7H13NO4. The molecule has 70 valence electrons. The number of aliphatic hydroxyl groups excluding tert-OH is 2. The minimum absolute atomic E-state index is 0.0655. The van der Waals surface area contributed by atoms with Gasteiger partial charge in [0.25, 0.3) is 0 Å². The van der Waals surface area contributed by atoms with Gasteiger partial charge in [-0.1, -0.05) is 0 Å². The Balaban J connectivity index is 3.84. The van der Waals surface area contributed by atoms with Crippen molar-refractivity contribution in [3.8, 4) is 0 Å². The molecule has 0 rings (SSSR count). The number of carboxylic acid groups (broad SMARTS) is 1. The van der Waals surface area contributed by atoms with Crippen LogP contribution in [0.1, 0.15) is 0 Å². The van der Waals surface area contributed by atoms with E-state index in [1.165, 1.54) is 11.1 Å². The van der Waals surface area contributed by atoms with E-state index in [0.29, 0.717) is 13.1 Å². The molecular weight excluding hydrogens is 162 g/mol. The second-order valence-corrected chi connectivity index (χ2v) is 2.14. The number of aliphatic hydroxyl groups is 2. The zero-order chi connectivity index (χ0) is 9.40. The van der Waals surface area contributed by atoms with E-state index in [1.807, 2.05) is 0 Å². The molecule has 0 unspecified atom stereocenters. The highest BCUT2D eigenvalue weighted by Gasteiger charge is 1.96. The van der Waals surface area contributed by atoms with Crippen LogP contribution in [0.2, 0.25) is 0 Å². The molecule has 5 heteroatoms. The zero-order valence-corrected chi connectivity index (χ0v) is 6.68. The Labute approximate surface area is 70.5 Å². The van der Waals surface area contributed by atoms with Crippen molar-refractivity contribution in [1.82, 2.24) is 4.90 Å². The van der Waals surface area contributed by atoms with Gasteiger partial charge in [-0.15, -0.1) is 0 Å². The van der Waals surface area contributed by atoms with Crippen molar-refractivity contribution in [3.63, 3.8) is 0 Å². The largest absolute Gasteiger partial charge is 0.478 e. The van der Waals surface area contributed by atoms with Crippen LogP contribution < -0.4 is 0 Å². The standard InChI is InChI=1S/C7H13NO4/c9-5-3-8(4-6-10)2-1-7(11)12/h1-2,9-10H,3-6H2,(H,11,12). The third kappa shape index (κ3) is 5.70. The summed E-state index contributed by atoms with van der Waals surface area (Å²) in [4.78, 5) is 11.6. The van der Waals surface area contributed by atoms with Crippen molar-refractivity contribution < 1.29 is 20.1 Å². The normalized spacial score (nSPS) is 10.5. The van der Waals surface area contributed by atoms with Gasteiger partial charge in [0, 0.05) is 25.4 Å². The average Bonchev–Trinajstić information content (AvgIpc) is 2.01. The maximum Gasteiger partial charge on any atom is 0.329 e. The van der Waals surface area contributed by atoms with Crippen LogP contribution in [0.15, 0.2) is 12.3 Å². The van der Waals surface area contributed by atoms with E-state index in [4.69, 9.17) is 15.3 Å². The summed E-state index contributed by atoms with van der Waals surface area (Å²) >= 11 is 0. The summed E-state index contributed by atoms with van der Waals surface area (Å²) in [5.41, 5.74) is 0. The molecule has 0 fully saturated rings. The summed E-state index contributed by atoms with van der Waals surface area (Å²) < 4.78 is 0. The molecule has 0 amide bonds. The molecule has 0 heterocycles. The lowest BCUT2D eigenvalue weighted by molar-refractivity contribution is -0.131. The van der Waals surface area contributed by atoms with E-state index in [9.17, 15) is 4.79 Å². The first-order chi connectivity index (χ1) is 5.70. The molecule has 0 atom stereocenters. The predicted molar refractivity (Wildman–Crippen MR) is 42.5 cm³/mol. The fraction of sp³-hybridized carbons (Fsp3) is 0.571. The lowest BCUT2D eigenvalue weighted by atomic mass is 10.5. The monoisotopic (exact) mass is 175 g/mol. The van der Waals surface area contributed by atoms with Crippen LogP contribution in [0.4, 0.5) is 0 Å². The highest BCUT2D eigenvalue weighted by atomic mass is 16.4. The van der Waals surface area contributed by atoms with Crippen LogP contribution >= 0.6 is 0 Å². The van der Waals surface area contributed by atoms with E-state index in [2.05, 4.69) is 0 Å². The van der Waals surface area contributed by atoms with Gasteiger partial charge in [-0.05, 0) is 0 Å². The summed E-state index contributed by atoms with van der Waals surface area (Å²) in [6.07, 6.45) is 2.29. The molecule has 0 aromatic rings. The van der Waals surface area contributed by atoms with Crippen molar-refractivity contribution in [2.45, 2.75) is 0 Å². The lowest BCUT2D eigenvalue weighted by Crippen LogP contribution is -2.24. The van der Waals surface area contributed by atoms with Gasteiger partial charge >= 0.3 is 5.97 Å². The molecule has 0 aliphatic rings. The number of nitrogens with zero attached hydrogens (tertiary/aromatic N) is 1. The molecule has 0 aromatic heterocycles. The van der Waals surface area contributed by atoms with Crippen molar-refractivity contribution in [1.29, 1.82) is 0 Å². The average molecular weight is 175 g/mol. The van der Waals surface area contributed by atoms with Crippen LogP contribution in [0, 0.1) is 0 Å². The Morgan fingerprint density at radius 3 is 2.08 bits per heavy atom. The Hall–Kier alpha value is -1.07. The Kier molecular flexibility index (Phi) is 6.04. The highest BCUT2D eigenvalue weighted by Crippen LogP contribution is 1.88. The third-order valence-corrected chi connectivity index (χ3v) is 1.20. The SMILES string of the molecule is O=C(O)C=CN(CCO)CCO. The molecule has 0 radical (unpaired) electrons. The van der Waals surface area contributed by atoms with Gasteiger partial charge in [-0.3, -0.25) is 0 Å². The summed E-state index contributed by atoms with van der Waals surface area (Å²) in [7, 11) is 0. The van der Waals surface area contributed by atoms with Gasteiger partial charge in [0.1, 0.15) is 0 Å². The van der Waals surface area contributed by atoms with Crippen LogP contribution in [-0.2, 0) is 4.79 Å². The first-order valence-electron chi connectivity index (χ1n) is 3.57. The molecule has 3 N–H and O–H groups in total. The molecule has 0 aromatic carbocycles. The maximum absolute atomic E-state index is 10.1. The van der Waals surface area contributed by atoms with Crippen LogP contribution in [0.5, 0.6) is 0 Å². The first-order valence-corrected chi connectivity index (χ1v) is 3.57. The van der Waals surface area contributed by atoms with Crippen molar-refractivity contribution in [3.05, 3.63) is 12.3 Å². The molecule has 0 saturated carbocycles. The third-order valence-electron chi connectivity index (χ3n) is 1.20. The fourth-order valence-corrected chi connectivity index (χ4v) is 0.687. The van der Waals surface area contributed by atoms with Gasteiger partial charge in [-0.2, -0.15) is 0 Å². The van der Waals surface area contributed by atoms with E-state index in [1.54, 1.807) is 0 Å². The van der Waals surface area contributed by atoms with Gasteiger partial charge < -0.3 is 20.2 Å². The lowest BCUT2D eigenvalue weighted by Gasteiger charge is -2.16. The van der Waals surface area contributed by atoms with Crippen molar-refractivity contribution >= 4 is 5.97 Å². The van der Waals surface area contributed by atoms with Gasteiger partial charge in [0.05, 0.1) is 13.2 Å². The van der Waals surface area contributed by atoms with E-state index in [0.717, 1.165) is 6.08 Å². The van der Waals surface area contributed by atoms with Crippen LogP contribution in [0.3, 0.4) is 0 Å². The predicted octanol–water partition coefficient (Wildman–Crippen LogP) is -1.13. The van der Waals surface area contributed by atoms with E-state index in [-0.39, 0.29) is 13.2 Å². The number of hydrogen-bond acceptors (Lipinski definition) is 4. The Morgan fingerprint density at radius 2 is 1.75 bits per heavy atom. The second kappa shape index (κ2) is 6.63. The molecule has 0 spiro atoms. The first kappa shape index (κ1) is 10.9. The molecule has 0 bridgehead atoms. The fourth-order valence-electron chi connectivity index (χ4n) is 0.687. The second-order valence-electron chi connectivity index (χ2n) is 2.14. The number of carbonyl (C=O) groups is 1. The Morgan fingerprint density at radius 1 is 1.25 bits per heavy atom. The molecule has 0 saturated heterocycles. The topological polar surface area (TPSA) is 81.0 Å². The number of rotatable bonds is 6. The van der Waals surface area contributed by atoms with Gasteiger partial charge in [-0.25, -0.2) is 4.79 Å². The summed E-state index contributed by atoms with van der Waals surface area (Å²) in [5, 5.41) is 25.3. The van der Waals surface area contributed by atoms with E-state index < -0.39 is 5.97 Å². The molecule has 0 aliphatic heterocycles. The summed E-state index contributed by atoms with van der Waals surface area (Å²) in [6, 6.07) is 0. The minimum Gasteiger partial charge on any atom is -0.478 e. The van der Waals surface area contributed by atoms with Crippen LogP contribution in [0.25, 0.3) is 0 Å². The van der Waals surface area contributed by atoms with Crippen molar-refractivity contribution in [2.75, 3.05) is 26.3 Å². The Bertz CT molecular complexity index is 151. The van der Waals surface area contributed by atoms with E-state index >= 15 is 0 Å². The summed E-state index contributed by atoms with van der Waals surface area (Å²) in [5.74, 6) is -1.05. The number of hydrogen-bond donors (Lipinski definition) is 3. The van der Waals surface area contributed by atoms with Crippen LogP contribution in [-0.4, -0.2) is 52.5 Å². The molecule has 12 heavy (non-hydrogen) atoms. The quantitative estimate of drug-likeness (QED) is 0.445. The number of carboxylic acids is 1. The van der Waals surface area contributed by atoms with Crippen molar-refractivity contribution in [2.24, 2.45) is 0 Å². The molecule has 0 aliphatic carbocycles. The highest BCUT2D eigenvalue weighted by molar-refractivity contribution is 5.79. The smallest absolute Gasteiger partial charge is 0.329 e. The molecule has 5 nitrogen and oxygen atoms in total. The number of aliphatic carboxylic acids is 1. The van der Waals surface area contributed by atoms with Gasteiger partial charge in [0.2, 0.25) is 0 Å². The maximum atomic E-state index is 10.1. The van der Waals surface area contributed by atoms with Gasteiger partial charge in [0.15, 0.2) is 0 Å².